The first-order valence-corrected chi connectivity index (χ1v) is 6.90. The molecule has 1 atom stereocenters. The average molecular weight is 261 g/mol. The Bertz CT molecular complexity index is 511. The second-order valence-corrected chi connectivity index (χ2v) is 5.29. The van der Waals surface area contributed by atoms with Crippen molar-refractivity contribution in [3.63, 3.8) is 0 Å². The van der Waals surface area contributed by atoms with E-state index in [1.54, 1.807) is 0 Å². The predicted molar refractivity (Wildman–Crippen MR) is 76.7 cm³/mol. The fourth-order valence-corrected chi connectivity index (χ4v) is 2.36. The summed E-state index contributed by atoms with van der Waals surface area (Å²) < 4.78 is 4.10. The Kier molecular flexibility index (Phi) is 4.37. The van der Waals surface area contributed by atoms with Crippen molar-refractivity contribution in [2.75, 3.05) is 6.54 Å². The van der Waals surface area contributed by atoms with Crippen LogP contribution >= 0.6 is 0 Å². The second kappa shape index (κ2) is 6.02. The molecule has 2 aromatic rings. The zero-order valence-electron chi connectivity index (χ0n) is 12.0. The van der Waals surface area contributed by atoms with Gasteiger partial charge in [0.15, 0.2) is 0 Å². The standard InChI is InChI=1S/C14H23N5/c1-4-18-9-12(7-17-18)14-8-16-10-19(14)13(6-15)5-11(2)3/h7-11,13H,4-6,15H2,1-3H3. The van der Waals surface area contributed by atoms with E-state index in [4.69, 9.17) is 5.73 Å². The van der Waals surface area contributed by atoms with Crippen molar-refractivity contribution < 1.29 is 0 Å². The van der Waals surface area contributed by atoms with Gasteiger partial charge in [-0.25, -0.2) is 4.98 Å². The molecule has 0 aliphatic carbocycles. The highest BCUT2D eigenvalue weighted by molar-refractivity contribution is 5.56. The smallest absolute Gasteiger partial charge is 0.0954 e. The van der Waals surface area contributed by atoms with Crippen LogP contribution in [0.1, 0.15) is 33.2 Å². The molecular weight excluding hydrogens is 238 g/mol. The molecular formula is C14H23N5. The Morgan fingerprint density at radius 1 is 1.32 bits per heavy atom. The van der Waals surface area contributed by atoms with Crippen molar-refractivity contribution in [3.8, 4) is 11.3 Å². The zero-order valence-corrected chi connectivity index (χ0v) is 12.0. The van der Waals surface area contributed by atoms with E-state index in [1.165, 1.54) is 0 Å². The maximum Gasteiger partial charge on any atom is 0.0954 e. The third-order valence-electron chi connectivity index (χ3n) is 3.33. The van der Waals surface area contributed by atoms with Gasteiger partial charge < -0.3 is 10.3 Å². The summed E-state index contributed by atoms with van der Waals surface area (Å²) >= 11 is 0. The lowest BCUT2D eigenvalue weighted by Crippen LogP contribution is -2.21. The fourth-order valence-electron chi connectivity index (χ4n) is 2.36. The lowest BCUT2D eigenvalue weighted by atomic mass is 10.0. The predicted octanol–water partition coefficient (Wildman–Crippen LogP) is 2.31. The number of imidazole rings is 1. The largest absolute Gasteiger partial charge is 0.328 e. The minimum Gasteiger partial charge on any atom is -0.328 e. The van der Waals surface area contributed by atoms with Crippen molar-refractivity contribution in [1.29, 1.82) is 0 Å². The lowest BCUT2D eigenvalue weighted by Gasteiger charge is -2.20. The minimum atomic E-state index is 0.294. The van der Waals surface area contributed by atoms with Crippen molar-refractivity contribution in [2.24, 2.45) is 11.7 Å². The number of nitrogens with zero attached hydrogens (tertiary/aromatic N) is 4. The van der Waals surface area contributed by atoms with E-state index in [0.29, 0.717) is 18.5 Å². The van der Waals surface area contributed by atoms with Gasteiger partial charge in [0.2, 0.25) is 0 Å². The van der Waals surface area contributed by atoms with Crippen LogP contribution in [0.25, 0.3) is 11.3 Å². The molecule has 0 aliphatic heterocycles. The van der Waals surface area contributed by atoms with E-state index in [-0.39, 0.29) is 0 Å². The zero-order chi connectivity index (χ0) is 13.8. The Labute approximate surface area is 114 Å². The Balaban J connectivity index is 2.30. The third-order valence-corrected chi connectivity index (χ3v) is 3.33. The SMILES string of the molecule is CCn1cc(-c2cncn2C(CN)CC(C)C)cn1. The van der Waals surface area contributed by atoms with Gasteiger partial charge in [0, 0.05) is 30.9 Å². The summed E-state index contributed by atoms with van der Waals surface area (Å²) in [5, 5.41) is 4.32. The molecule has 0 saturated heterocycles. The highest BCUT2D eigenvalue weighted by Crippen LogP contribution is 2.25. The molecule has 0 aromatic carbocycles. The summed E-state index contributed by atoms with van der Waals surface area (Å²) in [5.74, 6) is 0.613. The van der Waals surface area contributed by atoms with E-state index in [2.05, 4.69) is 41.6 Å². The molecule has 0 spiro atoms. The molecule has 5 heteroatoms. The van der Waals surface area contributed by atoms with E-state index in [0.717, 1.165) is 24.2 Å². The maximum atomic E-state index is 5.92. The van der Waals surface area contributed by atoms with Crippen LogP contribution in [-0.4, -0.2) is 25.9 Å². The number of aryl methyl sites for hydroxylation is 1. The van der Waals surface area contributed by atoms with Gasteiger partial charge in [-0.2, -0.15) is 5.10 Å². The summed E-state index contributed by atoms with van der Waals surface area (Å²) in [4.78, 5) is 4.28. The van der Waals surface area contributed by atoms with Gasteiger partial charge in [0.1, 0.15) is 0 Å². The molecule has 19 heavy (non-hydrogen) atoms. The number of hydrogen-bond acceptors (Lipinski definition) is 3. The number of aromatic nitrogens is 4. The van der Waals surface area contributed by atoms with E-state index in [9.17, 15) is 0 Å². The Hall–Kier alpha value is -1.62. The first-order valence-electron chi connectivity index (χ1n) is 6.90. The van der Waals surface area contributed by atoms with Crippen LogP contribution < -0.4 is 5.73 Å². The second-order valence-electron chi connectivity index (χ2n) is 5.29. The summed E-state index contributed by atoms with van der Waals surface area (Å²) in [6, 6.07) is 0.294. The molecule has 2 heterocycles. The molecule has 2 N–H and O–H groups in total. The molecule has 0 fully saturated rings. The fraction of sp³-hybridized carbons (Fsp3) is 0.571. The molecule has 1 unspecified atom stereocenters. The van der Waals surface area contributed by atoms with Gasteiger partial charge in [-0.1, -0.05) is 13.8 Å². The molecule has 0 bridgehead atoms. The van der Waals surface area contributed by atoms with E-state index in [1.807, 2.05) is 23.4 Å². The maximum absolute atomic E-state index is 5.92. The third kappa shape index (κ3) is 3.04. The summed E-state index contributed by atoms with van der Waals surface area (Å²) in [7, 11) is 0. The normalized spacial score (nSPS) is 13.1. The van der Waals surface area contributed by atoms with Crippen molar-refractivity contribution >= 4 is 0 Å². The average Bonchev–Trinajstić information content (AvgIpc) is 3.03. The molecule has 0 saturated carbocycles. The Morgan fingerprint density at radius 3 is 2.68 bits per heavy atom. The molecule has 0 radical (unpaired) electrons. The van der Waals surface area contributed by atoms with Gasteiger partial charge in [0.25, 0.3) is 0 Å². The molecule has 2 aromatic heterocycles. The summed E-state index contributed by atoms with van der Waals surface area (Å²) in [6.45, 7) is 8.02. The van der Waals surface area contributed by atoms with Gasteiger partial charge in [-0.15, -0.1) is 0 Å². The van der Waals surface area contributed by atoms with Crippen LogP contribution in [-0.2, 0) is 6.54 Å². The first-order chi connectivity index (χ1) is 9.15. The van der Waals surface area contributed by atoms with Crippen LogP contribution in [0.4, 0.5) is 0 Å². The van der Waals surface area contributed by atoms with E-state index < -0.39 is 0 Å². The number of hydrogen-bond donors (Lipinski definition) is 1. The number of rotatable bonds is 6. The quantitative estimate of drug-likeness (QED) is 0.868. The van der Waals surface area contributed by atoms with Gasteiger partial charge in [-0.05, 0) is 19.3 Å². The van der Waals surface area contributed by atoms with Crippen molar-refractivity contribution in [1.82, 2.24) is 19.3 Å². The first kappa shape index (κ1) is 13.8. The van der Waals surface area contributed by atoms with Crippen LogP contribution in [0.2, 0.25) is 0 Å². The van der Waals surface area contributed by atoms with Crippen LogP contribution in [0.3, 0.4) is 0 Å². The highest BCUT2D eigenvalue weighted by atomic mass is 15.3. The lowest BCUT2D eigenvalue weighted by molar-refractivity contribution is 0.410. The molecule has 104 valence electrons. The van der Waals surface area contributed by atoms with Crippen LogP contribution in [0.15, 0.2) is 24.9 Å². The minimum absolute atomic E-state index is 0.294. The van der Waals surface area contributed by atoms with Gasteiger partial charge >= 0.3 is 0 Å². The number of nitrogens with two attached hydrogens (primary N) is 1. The molecule has 0 aliphatic rings. The monoisotopic (exact) mass is 261 g/mol. The van der Waals surface area contributed by atoms with E-state index >= 15 is 0 Å². The highest BCUT2D eigenvalue weighted by Gasteiger charge is 2.16. The summed E-state index contributed by atoms with van der Waals surface area (Å²) in [6.07, 6.45) is 8.76. The van der Waals surface area contributed by atoms with Gasteiger partial charge in [0.05, 0.1) is 24.4 Å². The summed E-state index contributed by atoms with van der Waals surface area (Å²) in [5.41, 5.74) is 8.11. The molecule has 5 nitrogen and oxygen atoms in total. The van der Waals surface area contributed by atoms with Crippen molar-refractivity contribution in [3.05, 3.63) is 24.9 Å². The molecule has 2 rings (SSSR count). The van der Waals surface area contributed by atoms with Crippen molar-refractivity contribution in [2.45, 2.75) is 39.8 Å². The van der Waals surface area contributed by atoms with Crippen LogP contribution in [0.5, 0.6) is 0 Å². The topological polar surface area (TPSA) is 61.7 Å². The molecule has 0 amide bonds. The van der Waals surface area contributed by atoms with Crippen LogP contribution in [0, 0.1) is 5.92 Å². The Morgan fingerprint density at radius 2 is 2.11 bits per heavy atom. The van der Waals surface area contributed by atoms with Gasteiger partial charge in [-0.3, -0.25) is 4.68 Å².